The fourth-order valence-corrected chi connectivity index (χ4v) is 4.87. The molecule has 0 saturated carbocycles. The fraction of sp³-hybridized carbons (Fsp3) is 0.240. The number of methoxy groups -OCH3 is 2. The summed E-state index contributed by atoms with van der Waals surface area (Å²) in [6.45, 7) is 3.58. The average Bonchev–Trinajstić information content (AvgIpc) is 3.13. The molecule has 0 bridgehead atoms. The maximum absolute atomic E-state index is 13.6. The van der Waals surface area contributed by atoms with E-state index in [0.29, 0.717) is 37.7 Å². The number of carbonyl (C=O) groups excluding carboxylic acids is 1. The molecular formula is C25H23FN2O5S. The van der Waals surface area contributed by atoms with Gasteiger partial charge in [0.05, 0.1) is 42.7 Å². The number of hydrogen-bond donors (Lipinski definition) is 0. The van der Waals surface area contributed by atoms with Crippen LogP contribution in [0.5, 0.6) is 11.5 Å². The molecule has 1 atom stereocenters. The third kappa shape index (κ3) is 4.26. The highest BCUT2D eigenvalue weighted by Gasteiger charge is 2.33. The number of aromatic nitrogens is 1. The van der Waals surface area contributed by atoms with Crippen LogP contribution < -0.4 is 24.4 Å². The Bertz CT molecular complexity index is 1450. The Balaban J connectivity index is 1.94. The molecule has 7 nitrogen and oxygen atoms in total. The van der Waals surface area contributed by atoms with Crippen molar-refractivity contribution >= 4 is 23.4 Å². The molecule has 9 heteroatoms. The van der Waals surface area contributed by atoms with E-state index >= 15 is 0 Å². The highest BCUT2D eigenvalue weighted by Crippen LogP contribution is 2.31. The van der Waals surface area contributed by atoms with E-state index < -0.39 is 17.8 Å². The first kappa shape index (κ1) is 23.4. The van der Waals surface area contributed by atoms with Crippen LogP contribution in [0.2, 0.25) is 0 Å². The third-order valence-electron chi connectivity index (χ3n) is 5.43. The van der Waals surface area contributed by atoms with Gasteiger partial charge >= 0.3 is 5.97 Å². The summed E-state index contributed by atoms with van der Waals surface area (Å²) in [6.07, 6.45) is 1.72. The molecule has 1 aromatic heterocycles. The summed E-state index contributed by atoms with van der Waals surface area (Å²) in [4.78, 5) is 31.4. The number of esters is 1. The smallest absolute Gasteiger partial charge is 0.338 e. The Morgan fingerprint density at radius 2 is 1.91 bits per heavy atom. The summed E-state index contributed by atoms with van der Waals surface area (Å²) in [5.74, 6) is 0.190. The van der Waals surface area contributed by atoms with E-state index in [1.165, 1.54) is 35.1 Å². The number of carbonyl (C=O) groups is 1. The molecule has 0 amide bonds. The van der Waals surface area contributed by atoms with Gasteiger partial charge in [-0.3, -0.25) is 9.36 Å². The maximum Gasteiger partial charge on any atom is 0.338 e. The molecule has 1 aliphatic rings. The second kappa shape index (κ2) is 9.64. The molecule has 3 aromatic rings. The minimum atomic E-state index is -0.796. The van der Waals surface area contributed by atoms with Crippen molar-refractivity contribution in [3.05, 3.63) is 90.4 Å². The SMILES string of the molecule is CCOC(=O)C1=C(C)N=c2sc(=Cc3ccc(OC)cc3OC)c(=O)n2C1c1ccc(F)cc1. The molecule has 0 radical (unpaired) electrons. The van der Waals surface area contributed by atoms with E-state index in [1.54, 1.807) is 57.4 Å². The first-order chi connectivity index (χ1) is 16.4. The lowest BCUT2D eigenvalue weighted by Crippen LogP contribution is -2.39. The number of thiazole rings is 1. The van der Waals surface area contributed by atoms with Crippen molar-refractivity contribution in [1.29, 1.82) is 0 Å². The van der Waals surface area contributed by atoms with Crippen molar-refractivity contribution in [1.82, 2.24) is 4.57 Å². The van der Waals surface area contributed by atoms with Gasteiger partial charge in [0, 0.05) is 11.6 Å². The second-order valence-corrected chi connectivity index (χ2v) is 8.47. The van der Waals surface area contributed by atoms with Gasteiger partial charge in [-0.2, -0.15) is 0 Å². The van der Waals surface area contributed by atoms with Gasteiger partial charge in [-0.1, -0.05) is 23.5 Å². The molecule has 0 N–H and O–H groups in total. The van der Waals surface area contributed by atoms with Crippen LogP contribution in [-0.2, 0) is 9.53 Å². The van der Waals surface area contributed by atoms with E-state index in [-0.39, 0.29) is 17.7 Å². The van der Waals surface area contributed by atoms with Gasteiger partial charge in [0.15, 0.2) is 4.80 Å². The first-order valence-electron chi connectivity index (χ1n) is 10.5. The molecular weight excluding hydrogens is 459 g/mol. The molecule has 0 aliphatic carbocycles. The quantitative estimate of drug-likeness (QED) is 0.505. The van der Waals surface area contributed by atoms with Gasteiger partial charge in [0.25, 0.3) is 5.56 Å². The third-order valence-corrected chi connectivity index (χ3v) is 6.41. The van der Waals surface area contributed by atoms with E-state index in [1.807, 2.05) is 0 Å². The van der Waals surface area contributed by atoms with Gasteiger partial charge in [-0.25, -0.2) is 14.2 Å². The summed E-state index contributed by atoms with van der Waals surface area (Å²) >= 11 is 1.20. The van der Waals surface area contributed by atoms with E-state index in [4.69, 9.17) is 14.2 Å². The predicted molar refractivity (Wildman–Crippen MR) is 126 cm³/mol. The van der Waals surface area contributed by atoms with Gasteiger partial charge in [-0.05, 0) is 49.8 Å². The molecule has 2 aromatic carbocycles. The number of nitrogens with zero attached hydrogens (tertiary/aromatic N) is 2. The van der Waals surface area contributed by atoms with Crippen molar-refractivity contribution in [2.24, 2.45) is 4.99 Å². The topological polar surface area (TPSA) is 79.1 Å². The Kier molecular flexibility index (Phi) is 6.65. The molecule has 4 rings (SSSR count). The van der Waals surface area contributed by atoms with E-state index in [9.17, 15) is 14.0 Å². The number of benzene rings is 2. The number of allylic oxidation sites excluding steroid dienone is 1. The largest absolute Gasteiger partial charge is 0.497 e. The van der Waals surface area contributed by atoms with Crippen LogP contribution in [0, 0.1) is 5.82 Å². The standard InChI is InChI=1S/C25H23FN2O5S/c1-5-33-24(30)21-14(2)27-25-28(22(21)15-6-9-17(26)10-7-15)23(29)20(34-25)12-16-8-11-18(31-3)13-19(16)32-4/h6-13,22H,5H2,1-4H3. The van der Waals surface area contributed by atoms with Gasteiger partial charge in [-0.15, -0.1) is 0 Å². The fourth-order valence-electron chi connectivity index (χ4n) is 3.83. The van der Waals surface area contributed by atoms with Crippen LogP contribution in [0.4, 0.5) is 4.39 Å². The van der Waals surface area contributed by atoms with Gasteiger partial charge in [0.2, 0.25) is 0 Å². The number of halogens is 1. The number of fused-ring (bicyclic) bond motifs is 1. The molecule has 34 heavy (non-hydrogen) atoms. The summed E-state index contributed by atoms with van der Waals surface area (Å²) in [5, 5.41) is 0. The zero-order chi connectivity index (χ0) is 24.4. The van der Waals surface area contributed by atoms with E-state index in [2.05, 4.69) is 4.99 Å². The zero-order valence-corrected chi connectivity index (χ0v) is 19.9. The van der Waals surface area contributed by atoms with Crippen molar-refractivity contribution in [3.63, 3.8) is 0 Å². The Hall–Kier alpha value is -3.72. The van der Waals surface area contributed by atoms with E-state index in [0.717, 1.165) is 0 Å². The van der Waals surface area contributed by atoms with Crippen molar-refractivity contribution < 1.29 is 23.4 Å². The lowest BCUT2D eigenvalue weighted by molar-refractivity contribution is -0.139. The molecule has 1 unspecified atom stereocenters. The highest BCUT2D eigenvalue weighted by atomic mass is 32.1. The summed E-state index contributed by atoms with van der Waals surface area (Å²) in [6, 6.07) is 10.2. The lowest BCUT2D eigenvalue weighted by Gasteiger charge is -2.24. The van der Waals surface area contributed by atoms with Crippen LogP contribution in [-0.4, -0.2) is 31.4 Å². The Morgan fingerprint density at radius 3 is 2.56 bits per heavy atom. The molecule has 176 valence electrons. The molecule has 2 heterocycles. The van der Waals surface area contributed by atoms with Gasteiger partial charge in [0.1, 0.15) is 17.3 Å². The van der Waals surface area contributed by atoms with Crippen LogP contribution in [0.25, 0.3) is 6.08 Å². The molecule has 1 aliphatic heterocycles. The van der Waals surface area contributed by atoms with Gasteiger partial charge < -0.3 is 14.2 Å². The summed E-state index contributed by atoms with van der Waals surface area (Å²) in [5.41, 5.74) is 1.63. The Morgan fingerprint density at radius 1 is 1.18 bits per heavy atom. The summed E-state index contributed by atoms with van der Waals surface area (Å²) in [7, 11) is 3.10. The molecule has 0 fully saturated rings. The number of ether oxygens (including phenoxy) is 3. The maximum atomic E-state index is 13.6. The zero-order valence-electron chi connectivity index (χ0n) is 19.1. The normalized spacial score (nSPS) is 15.6. The number of rotatable bonds is 6. The van der Waals surface area contributed by atoms with Crippen LogP contribution in [0.3, 0.4) is 0 Å². The average molecular weight is 483 g/mol. The second-order valence-electron chi connectivity index (χ2n) is 7.46. The number of hydrogen-bond acceptors (Lipinski definition) is 7. The van der Waals surface area contributed by atoms with Crippen molar-refractivity contribution in [2.75, 3.05) is 20.8 Å². The molecule has 0 saturated heterocycles. The molecule has 0 spiro atoms. The van der Waals surface area contributed by atoms with Crippen molar-refractivity contribution in [2.45, 2.75) is 19.9 Å². The lowest BCUT2D eigenvalue weighted by atomic mass is 9.96. The highest BCUT2D eigenvalue weighted by molar-refractivity contribution is 7.07. The van der Waals surface area contributed by atoms with Crippen LogP contribution in [0.15, 0.2) is 63.5 Å². The first-order valence-corrected chi connectivity index (χ1v) is 11.4. The monoisotopic (exact) mass is 482 g/mol. The van der Waals surface area contributed by atoms with Crippen LogP contribution in [0.1, 0.15) is 31.0 Å². The minimum absolute atomic E-state index is 0.174. The predicted octanol–water partition coefficient (Wildman–Crippen LogP) is 2.95. The minimum Gasteiger partial charge on any atom is -0.497 e. The Labute approximate surface area is 199 Å². The van der Waals surface area contributed by atoms with Crippen molar-refractivity contribution in [3.8, 4) is 11.5 Å². The summed E-state index contributed by atoms with van der Waals surface area (Å²) < 4.78 is 31.5. The van der Waals surface area contributed by atoms with Crippen LogP contribution >= 0.6 is 11.3 Å².